The SMILES string of the molecule is Nc1cc(C(=O)NC2CCOC2C2CC2)n(C2CC2)c1. The van der Waals surface area contributed by atoms with E-state index in [1.54, 1.807) is 6.07 Å². The van der Waals surface area contributed by atoms with E-state index in [1.807, 2.05) is 10.8 Å². The van der Waals surface area contributed by atoms with Crippen LogP contribution in [0.3, 0.4) is 0 Å². The van der Waals surface area contributed by atoms with Crippen LogP contribution in [0.15, 0.2) is 12.3 Å². The maximum Gasteiger partial charge on any atom is 0.268 e. The number of amides is 1. The summed E-state index contributed by atoms with van der Waals surface area (Å²) >= 11 is 0. The Bertz CT molecular complexity index is 531. The average Bonchev–Trinajstić information content (AvgIpc) is 3.35. The van der Waals surface area contributed by atoms with Crippen molar-refractivity contribution in [2.45, 2.75) is 50.3 Å². The third-order valence-electron chi connectivity index (χ3n) is 4.58. The molecular formula is C15H21N3O2. The van der Waals surface area contributed by atoms with Crippen LogP contribution in [0.2, 0.25) is 0 Å². The van der Waals surface area contributed by atoms with Crippen LogP contribution in [-0.4, -0.2) is 29.2 Å². The van der Waals surface area contributed by atoms with Gasteiger partial charge in [0, 0.05) is 18.8 Å². The largest absolute Gasteiger partial charge is 0.397 e. The van der Waals surface area contributed by atoms with Gasteiger partial charge >= 0.3 is 0 Å². The lowest BCUT2D eigenvalue weighted by molar-refractivity contribution is 0.0725. The van der Waals surface area contributed by atoms with Crippen LogP contribution in [-0.2, 0) is 4.74 Å². The third kappa shape index (κ3) is 2.20. The topological polar surface area (TPSA) is 69.3 Å². The maximum atomic E-state index is 12.5. The van der Waals surface area contributed by atoms with Gasteiger partial charge in [-0.1, -0.05) is 0 Å². The predicted molar refractivity (Wildman–Crippen MR) is 75.5 cm³/mol. The van der Waals surface area contributed by atoms with E-state index in [9.17, 15) is 4.79 Å². The Labute approximate surface area is 118 Å². The van der Waals surface area contributed by atoms with Gasteiger partial charge in [-0.2, -0.15) is 0 Å². The van der Waals surface area contributed by atoms with Gasteiger partial charge in [-0.15, -0.1) is 0 Å². The molecule has 5 nitrogen and oxygen atoms in total. The lowest BCUT2D eigenvalue weighted by atomic mass is 10.1. The number of nitrogens with one attached hydrogen (secondary N) is 1. The molecule has 2 atom stereocenters. The van der Waals surface area contributed by atoms with Crippen molar-refractivity contribution in [3.05, 3.63) is 18.0 Å². The Morgan fingerprint density at radius 2 is 2.10 bits per heavy atom. The Morgan fingerprint density at radius 1 is 1.30 bits per heavy atom. The van der Waals surface area contributed by atoms with E-state index in [0.717, 1.165) is 25.9 Å². The van der Waals surface area contributed by atoms with Gasteiger partial charge in [0.2, 0.25) is 0 Å². The summed E-state index contributed by atoms with van der Waals surface area (Å²) in [7, 11) is 0. The fourth-order valence-electron chi connectivity index (χ4n) is 3.23. The van der Waals surface area contributed by atoms with Crippen molar-refractivity contribution < 1.29 is 9.53 Å². The first-order valence-electron chi connectivity index (χ1n) is 7.62. The summed E-state index contributed by atoms with van der Waals surface area (Å²) in [5.74, 6) is 0.651. The highest BCUT2D eigenvalue weighted by atomic mass is 16.5. The molecule has 2 heterocycles. The molecule has 3 fully saturated rings. The Balaban J connectivity index is 1.49. The number of nitrogen functional groups attached to an aromatic ring is 1. The minimum Gasteiger partial charge on any atom is -0.397 e. The molecule has 0 bridgehead atoms. The highest BCUT2D eigenvalue weighted by Gasteiger charge is 2.41. The molecule has 2 saturated carbocycles. The van der Waals surface area contributed by atoms with Gasteiger partial charge in [0.05, 0.1) is 17.8 Å². The first kappa shape index (κ1) is 12.3. The Hall–Kier alpha value is -1.49. The van der Waals surface area contributed by atoms with Crippen molar-refractivity contribution in [1.29, 1.82) is 0 Å². The molecule has 5 heteroatoms. The second kappa shape index (κ2) is 4.52. The quantitative estimate of drug-likeness (QED) is 0.878. The zero-order valence-electron chi connectivity index (χ0n) is 11.5. The molecule has 1 saturated heterocycles. The van der Waals surface area contributed by atoms with Crippen LogP contribution in [0.25, 0.3) is 0 Å². The summed E-state index contributed by atoms with van der Waals surface area (Å²) in [6, 6.07) is 2.42. The summed E-state index contributed by atoms with van der Waals surface area (Å²) in [5.41, 5.74) is 7.22. The molecule has 1 aliphatic heterocycles. The number of nitrogens with zero attached hydrogens (tertiary/aromatic N) is 1. The number of carbonyl (C=O) groups excluding carboxylic acids is 1. The van der Waals surface area contributed by atoms with Crippen molar-refractivity contribution in [1.82, 2.24) is 9.88 Å². The van der Waals surface area contributed by atoms with Gasteiger partial charge in [-0.25, -0.2) is 0 Å². The van der Waals surface area contributed by atoms with Crippen molar-refractivity contribution >= 4 is 11.6 Å². The fraction of sp³-hybridized carbons (Fsp3) is 0.667. The number of rotatable bonds is 4. The van der Waals surface area contributed by atoms with E-state index in [1.165, 1.54) is 12.8 Å². The number of aromatic nitrogens is 1. The van der Waals surface area contributed by atoms with Gasteiger partial charge in [0.15, 0.2) is 0 Å². The lowest BCUT2D eigenvalue weighted by Gasteiger charge is -2.19. The molecule has 1 aromatic rings. The highest BCUT2D eigenvalue weighted by molar-refractivity contribution is 5.94. The summed E-state index contributed by atoms with van der Waals surface area (Å²) in [4.78, 5) is 12.5. The molecule has 2 unspecified atom stereocenters. The molecule has 1 aromatic heterocycles. The van der Waals surface area contributed by atoms with E-state index in [2.05, 4.69) is 5.32 Å². The summed E-state index contributed by atoms with van der Waals surface area (Å²) in [6.45, 7) is 0.762. The molecule has 3 N–H and O–H groups in total. The Kier molecular flexibility index (Phi) is 2.77. The second-order valence-electron chi connectivity index (χ2n) is 6.34. The van der Waals surface area contributed by atoms with Crippen LogP contribution < -0.4 is 11.1 Å². The summed E-state index contributed by atoms with van der Waals surface area (Å²) < 4.78 is 7.81. The normalized spacial score (nSPS) is 29.6. The molecular weight excluding hydrogens is 254 g/mol. The Morgan fingerprint density at radius 3 is 2.80 bits per heavy atom. The van der Waals surface area contributed by atoms with Crippen molar-refractivity contribution in [2.75, 3.05) is 12.3 Å². The zero-order chi connectivity index (χ0) is 13.7. The molecule has 0 radical (unpaired) electrons. The van der Waals surface area contributed by atoms with Crippen molar-refractivity contribution in [3.63, 3.8) is 0 Å². The van der Waals surface area contributed by atoms with Gasteiger partial charge in [-0.05, 0) is 44.1 Å². The minimum atomic E-state index is -0.00486. The van der Waals surface area contributed by atoms with Gasteiger partial charge in [0.25, 0.3) is 5.91 Å². The van der Waals surface area contributed by atoms with Crippen LogP contribution in [0.1, 0.15) is 48.6 Å². The first-order chi connectivity index (χ1) is 9.72. The van der Waals surface area contributed by atoms with E-state index in [4.69, 9.17) is 10.5 Å². The molecule has 20 heavy (non-hydrogen) atoms. The van der Waals surface area contributed by atoms with Gasteiger partial charge < -0.3 is 20.4 Å². The number of hydrogen-bond donors (Lipinski definition) is 2. The lowest BCUT2D eigenvalue weighted by Crippen LogP contribution is -2.42. The van der Waals surface area contributed by atoms with E-state index in [0.29, 0.717) is 23.3 Å². The molecule has 108 valence electrons. The second-order valence-corrected chi connectivity index (χ2v) is 6.34. The van der Waals surface area contributed by atoms with Crippen LogP contribution in [0.5, 0.6) is 0 Å². The van der Waals surface area contributed by atoms with E-state index < -0.39 is 0 Å². The first-order valence-corrected chi connectivity index (χ1v) is 7.62. The van der Waals surface area contributed by atoms with Crippen molar-refractivity contribution in [3.8, 4) is 0 Å². The molecule has 3 aliphatic rings. The van der Waals surface area contributed by atoms with Gasteiger partial charge in [0.1, 0.15) is 5.69 Å². The number of nitrogens with two attached hydrogens (primary N) is 1. The number of ether oxygens (including phenoxy) is 1. The molecule has 2 aliphatic carbocycles. The average molecular weight is 275 g/mol. The fourth-order valence-corrected chi connectivity index (χ4v) is 3.23. The zero-order valence-corrected chi connectivity index (χ0v) is 11.5. The highest BCUT2D eigenvalue weighted by Crippen LogP contribution is 2.39. The van der Waals surface area contributed by atoms with E-state index in [-0.39, 0.29) is 18.1 Å². The third-order valence-corrected chi connectivity index (χ3v) is 4.58. The molecule has 4 rings (SSSR count). The monoisotopic (exact) mass is 275 g/mol. The standard InChI is InChI=1S/C15H21N3O2/c16-10-7-13(18(8-10)11-3-4-11)15(19)17-12-5-6-20-14(12)9-1-2-9/h7-9,11-12,14H,1-6,16H2,(H,17,19). The smallest absolute Gasteiger partial charge is 0.268 e. The van der Waals surface area contributed by atoms with Crippen molar-refractivity contribution in [2.24, 2.45) is 5.92 Å². The molecule has 0 aromatic carbocycles. The summed E-state index contributed by atoms with van der Waals surface area (Å²) in [6.07, 6.45) is 7.80. The number of hydrogen-bond acceptors (Lipinski definition) is 3. The number of carbonyl (C=O) groups is 1. The molecule has 1 amide bonds. The van der Waals surface area contributed by atoms with E-state index >= 15 is 0 Å². The van der Waals surface area contributed by atoms with Crippen LogP contribution in [0.4, 0.5) is 5.69 Å². The summed E-state index contributed by atoms with van der Waals surface area (Å²) in [5, 5.41) is 3.16. The van der Waals surface area contributed by atoms with Gasteiger partial charge in [-0.3, -0.25) is 4.79 Å². The maximum absolute atomic E-state index is 12.5. The minimum absolute atomic E-state index is 0.00486. The molecule has 0 spiro atoms. The predicted octanol–water partition coefficient (Wildman–Crippen LogP) is 1.70. The van der Waals surface area contributed by atoms with Crippen LogP contribution in [0, 0.1) is 5.92 Å². The number of anilines is 1. The van der Waals surface area contributed by atoms with Crippen LogP contribution >= 0.6 is 0 Å².